The first-order valence-corrected chi connectivity index (χ1v) is 7.55. The van der Waals surface area contributed by atoms with E-state index in [0.717, 1.165) is 0 Å². The predicted molar refractivity (Wildman–Crippen MR) is 89.9 cm³/mol. The Kier molecular flexibility index (Phi) is 8.11. The van der Waals surface area contributed by atoms with E-state index in [1.807, 2.05) is 0 Å². The number of carbonyl (C=O) groups excluding carboxylic acids is 2. The summed E-state index contributed by atoms with van der Waals surface area (Å²) in [7, 11) is 1.50. The van der Waals surface area contributed by atoms with Crippen LogP contribution in [0.3, 0.4) is 0 Å². The highest BCUT2D eigenvalue weighted by Gasteiger charge is 2.21. The predicted octanol–water partition coefficient (Wildman–Crippen LogP) is 2.77. The number of hydrogen-bond acceptors (Lipinski definition) is 6. The highest BCUT2D eigenvalue weighted by molar-refractivity contribution is 6.17. The Balaban J connectivity index is 3.18. The van der Waals surface area contributed by atoms with Crippen molar-refractivity contribution in [3.8, 4) is 11.5 Å². The molecule has 0 aliphatic carbocycles. The van der Waals surface area contributed by atoms with Crippen molar-refractivity contribution >= 4 is 18.0 Å². The van der Waals surface area contributed by atoms with Crippen LogP contribution < -0.4 is 9.47 Å². The van der Waals surface area contributed by atoms with Gasteiger partial charge in [-0.2, -0.15) is 0 Å². The molecular weight excluding hydrogens is 312 g/mol. The van der Waals surface area contributed by atoms with Crippen molar-refractivity contribution in [3.05, 3.63) is 42.0 Å². The topological polar surface area (TPSA) is 71.1 Å². The fourth-order valence-electron chi connectivity index (χ4n) is 1.83. The Morgan fingerprint density at radius 3 is 2.21 bits per heavy atom. The van der Waals surface area contributed by atoms with Gasteiger partial charge < -0.3 is 18.9 Å². The second-order valence-corrected chi connectivity index (χ2v) is 4.51. The second kappa shape index (κ2) is 10.1. The van der Waals surface area contributed by atoms with E-state index < -0.39 is 11.9 Å². The molecule has 0 unspecified atom stereocenters. The minimum atomic E-state index is -0.734. The van der Waals surface area contributed by atoms with Crippen LogP contribution in [0.2, 0.25) is 0 Å². The van der Waals surface area contributed by atoms with Gasteiger partial charge in [-0.3, -0.25) is 0 Å². The monoisotopic (exact) mass is 334 g/mol. The maximum atomic E-state index is 12.0. The van der Waals surface area contributed by atoms with Gasteiger partial charge in [0.05, 0.1) is 20.3 Å². The average molecular weight is 334 g/mol. The van der Waals surface area contributed by atoms with Gasteiger partial charge in [-0.1, -0.05) is 18.7 Å². The van der Waals surface area contributed by atoms with E-state index in [9.17, 15) is 9.59 Å². The summed E-state index contributed by atoms with van der Waals surface area (Å²) in [6.07, 6.45) is 3.02. The van der Waals surface area contributed by atoms with Crippen molar-refractivity contribution < 1.29 is 28.5 Å². The number of hydrogen-bond donors (Lipinski definition) is 0. The molecule has 0 atom stereocenters. The lowest BCUT2D eigenvalue weighted by atomic mass is 10.1. The lowest BCUT2D eigenvalue weighted by Gasteiger charge is -2.11. The Labute approximate surface area is 141 Å². The molecule has 6 nitrogen and oxygen atoms in total. The van der Waals surface area contributed by atoms with Crippen LogP contribution in [-0.4, -0.2) is 38.9 Å². The first-order chi connectivity index (χ1) is 11.6. The fourth-order valence-corrected chi connectivity index (χ4v) is 1.83. The third-order valence-electron chi connectivity index (χ3n) is 2.85. The molecule has 130 valence electrons. The summed E-state index contributed by atoms with van der Waals surface area (Å²) in [5.74, 6) is -0.468. The summed E-state index contributed by atoms with van der Waals surface area (Å²) >= 11 is 0. The molecule has 0 heterocycles. The quantitative estimate of drug-likeness (QED) is 0.227. The number of esters is 2. The van der Waals surface area contributed by atoms with E-state index in [0.29, 0.717) is 23.7 Å². The molecule has 0 bridgehead atoms. The SMILES string of the molecule is C=CCOc1ccc(C=C(C(=O)OCC)C(=O)OCC)cc1OC. The highest BCUT2D eigenvalue weighted by Crippen LogP contribution is 2.29. The number of carbonyl (C=O) groups is 2. The zero-order valence-electron chi connectivity index (χ0n) is 14.2. The third kappa shape index (κ3) is 5.46. The lowest BCUT2D eigenvalue weighted by Crippen LogP contribution is -2.18. The summed E-state index contributed by atoms with van der Waals surface area (Å²) in [5.41, 5.74) is 0.398. The summed E-state index contributed by atoms with van der Waals surface area (Å²) in [6.45, 7) is 7.56. The number of benzene rings is 1. The molecule has 6 heteroatoms. The van der Waals surface area contributed by atoms with Crippen molar-refractivity contribution in [3.63, 3.8) is 0 Å². The van der Waals surface area contributed by atoms with Gasteiger partial charge >= 0.3 is 11.9 Å². The van der Waals surface area contributed by atoms with E-state index in [1.54, 1.807) is 38.1 Å². The highest BCUT2D eigenvalue weighted by atomic mass is 16.6. The molecule has 0 N–H and O–H groups in total. The minimum absolute atomic E-state index is 0.160. The summed E-state index contributed by atoms with van der Waals surface area (Å²) in [5, 5.41) is 0. The zero-order valence-corrected chi connectivity index (χ0v) is 14.2. The van der Waals surface area contributed by atoms with Crippen LogP contribution in [0.4, 0.5) is 0 Å². The Morgan fingerprint density at radius 1 is 1.08 bits per heavy atom. The normalized spacial score (nSPS) is 9.62. The summed E-state index contributed by atoms with van der Waals surface area (Å²) in [4.78, 5) is 23.9. The number of rotatable bonds is 9. The molecule has 0 amide bonds. The largest absolute Gasteiger partial charge is 0.493 e. The average Bonchev–Trinajstić information content (AvgIpc) is 2.58. The molecule has 0 spiro atoms. The van der Waals surface area contributed by atoms with Gasteiger partial charge in [0.2, 0.25) is 0 Å². The second-order valence-electron chi connectivity index (χ2n) is 4.51. The molecule has 0 saturated heterocycles. The van der Waals surface area contributed by atoms with E-state index in [-0.39, 0.29) is 18.8 Å². The van der Waals surface area contributed by atoms with E-state index in [4.69, 9.17) is 18.9 Å². The standard InChI is InChI=1S/C18H22O6/c1-5-10-24-15-9-8-13(12-16(15)21-4)11-14(17(19)22-6-2)18(20)23-7-3/h5,8-9,11-12H,1,6-7,10H2,2-4H3. The van der Waals surface area contributed by atoms with Crippen molar-refractivity contribution in [2.45, 2.75) is 13.8 Å². The van der Waals surface area contributed by atoms with Crippen molar-refractivity contribution in [1.29, 1.82) is 0 Å². The fraction of sp³-hybridized carbons (Fsp3) is 0.333. The number of methoxy groups -OCH3 is 1. The van der Waals surface area contributed by atoms with E-state index >= 15 is 0 Å². The van der Waals surface area contributed by atoms with Gasteiger partial charge in [-0.25, -0.2) is 9.59 Å². The molecule has 0 radical (unpaired) electrons. The molecule has 1 aromatic carbocycles. The molecule has 0 saturated carbocycles. The molecule has 0 aliphatic heterocycles. The van der Waals surface area contributed by atoms with Crippen LogP contribution in [0.5, 0.6) is 11.5 Å². The van der Waals surface area contributed by atoms with Crippen molar-refractivity contribution in [2.75, 3.05) is 26.9 Å². The summed E-state index contributed by atoms with van der Waals surface area (Å²) < 4.78 is 20.5. The van der Waals surface area contributed by atoms with Crippen LogP contribution in [0.1, 0.15) is 19.4 Å². The first-order valence-electron chi connectivity index (χ1n) is 7.55. The number of ether oxygens (including phenoxy) is 4. The third-order valence-corrected chi connectivity index (χ3v) is 2.85. The molecule has 0 aromatic heterocycles. The first kappa shape index (κ1) is 19.3. The van der Waals surface area contributed by atoms with Gasteiger partial charge in [0.15, 0.2) is 11.5 Å². The van der Waals surface area contributed by atoms with Crippen molar-refractivity contribution in [2.24, 2.45) is 0 Å². The van der Waals surface area contributed by atoms with Crippen LogP contribution in [0, 0.1) is 0 Å². The van der Waals surface area contributed by atoms with Gasteiger partial charge in [0, 0.05) is 0 Å². The Morgan fingerprint density at radius 2 is 1.71 bits per heavy atom. The zero-order chi connectivity index (χ0) is 17.9. The van der Waals surface area contributed by atoms with Gasteiger partial charge in [-0.15, -0.1) is 0 Å². The van der Waals surface area contributed by atoms with Crippen LogP contribution in [0.15, 0.2) is 36.4 Å². The van der Waals surface area contributed by atoms with Crippen LogP contribution >= 0.6 is 0 Å². The minimum Gasteiger partial charge on any atom is -0.493 e. The maximum absolute atomic E-state index is 12.0. The molecular formula is C18H22O6. The maximum Gasteiger partial charge on any atom is 0.345 e. The molecule has 0 aliphatic rings. The molecule has 1 aromatic rings. The molecule has 24 heavy (non-hydrogen) atoms. The van der Waals surface area contributed by atoms with E-state index in [1.165, 1.54) is 13.2 Å². The van der Waals surface area contributed by atoms with Crippen LogP contribution in [-0.2, 0) is 19.1 Å². The molecule has 1 rings (SSSR count). The van der Waals surface area contributed by atoms with E-state index in [2.05, 4.69) is 6.58 Å². The lowest BCUT2D eigenvalue weighted by molar-refractivity contribution is -0.146. The Hall–Kier alpha value is -2.76. The van der Waals surface area contributed by atoms with Gasteiger partial charge in [0.25, 0.3) is 0 Å². The molecule has 0 fully saturated rings. The van der Waals surface area contributed by atoms with Crippen molar-refractivity contribution in [1.82, 2.24) is 0 Å². The van der Waals surface area contributed by atoms with Gasteiger partial charge in [-0.05, 0) is 37.6 Å². The van der Waals surface area contributed by atoms with Gasteiger partial charge in [0.1, 0.15) is 12.2 Å². The Bertz CT molecular complexity index is 598. The smallest absolute Gasteiger partial charge is 0.345 e. The van der Waals surface area contributed by atoms with Crippen LogP contribution in [0.25, 0.3) is 6.08 Å². The summed E-state index contributed by atoms with van der Waals surface area (Å²) in [6, 6.07) is 5.03.